The lowest BCUT2D eigenvalue weighted by Crippen LogP contribution is -2.37. The van der Waals surface area contributed by atoms with Crippen LogP contribution in [0.3, 0.4) is 0 Å². The van der Waals surface area contributed by atoms with Crippen molar-refractivity contribution in [2.75, 3.05) is 54.1 Å². The molecule has 0 saturated carbocycles. The van der Waals surface area contributed by atoms with Gasteiger partial charge in [-0.3, -0.25) is 9.36 Å². The molecule has 0 aliphatic rings. The minimum absolute atomic E-state index is 0.0124. The highest BCUT2D eigenvalue weighted by Gasteiger charge is 2.20. The van der Waals surface area contributed by atoms with E-state index in [1.165, 1.54) is 51.4 Å². The maximum absolute atomic E-state index is 12.7. The van der Waals surface area contributed by atoms with Gasteiger partial charge in [0.2, 0.25) is 0 Å². The van der Waals surface area contributed by atoms with Crippen molar-refractivity contribution in [2.24, 2.45) is 0 Å². The van der Waals surface area contributed by atoms with E-state index in [9.17, 15) is 14.3 Å². The van der Waals surface area contributed by atoms with Gasteiger partial charge in [0, 0.05) is 13.0 Å². The first kappa shape index (κ1) is 55.7. The number of unbranched alkanes of at least 4 members (excludes halogenated alkanes) is 13. The fraction of sp³-hybridized carbons (Fsp3) is 0.694. The minimum Gasteiger partial charge on any atom is -0.756 e. The number of hydrogen-bond acceptors (Lipinski definition) is 7. The standard InChI is InChI=1S/C49H86NO7P/c1-6-8-10-12-14-16-18-20-22-24-25-26-28-30-32-34-36-38-40-42-49(51)57-48(47-56-58(52,53)55-45-43-50(3,4)5)46-54-44-41-39-37-35-33-31-29-27-23-21-19-17-15-13-11-9-7-2/h8,10,14,16-17,19-20,22-23,25-27,30,32,48H,6-7,9,11-13,15,18,21,24,28-29,31,33-47H2,1-5H3/b10-8-,16-14-,19-17-,22-20-,26-25-,27-23-,32-30-. The smallest absolute Gasteiger partial charge is 0.306 e. The third-order valence-electron chi connectivity index (χ3n) is 9.18. The van der Waals surface area contributed by atoms with Crippen LogP contribution in [0.2, 0.25) is 0 Å². The number of esters is 1. The number of phosphoric ester groups is 1. The molecule has 2 unspecified atom stereocenters. The Morgan fingerprint density at radius 2 is 1.00 bits per heavy atom. The highest BCUT2D eigenvalue weighted by Crippen LogP contribution is 2.38. The second-order valence-electron chi connectivity index (χ2n) is 16.0. The maximum atomic E-state index is 12.7. The molecule has 0 aliphatic carbocycles. The minimum atomic E-state index is -4.54. The zero-order chi connectivity index (χ0) is 42.7. The van der Waals surface area contributed by atoms with Crippen LogP contribution in [-0.4, -0.2) is 70.7 Å². The summed E-state index contributed by atoms with van der Waals surface area (Å²) in [5.41, 5.74) is 0. The van der Waals surface area contributed by atoms with E-state index in [1.54, 1.807) is 0 Å². The van der Waals surface area contributed by atoms with Crippen LogP contribution in [0, 0.1) is 0 Å². The van der Waals surface area contributed by atoms with Gasteiger partial charge in [-0.05, 0) is 89.9 Å². The van der Waals surface area contributed by atoms with Gasteiger partial charge >= 0.3 is 5.97 Å². The van der Waals surface area contributed by atoms with Crippen molar-refractivity contribution >= 4 is 13.8 Å². The predicted octanol–water partition coefficient (Wildman–Crippen LogP) is 13.0. The molecule has 0 aromatic rings. The summed E-state index contributed by atoms with van der Waals surface area (Å²) in [4.78, 5) is 25.1. The van der Waals surface area contributed by atoms with Gasteiger partial charge < -0.3 is 27.9 Å². The molecule has 0 rings (SSSR count). The summed E-state index contributed by atoms with van der Waals surface area (Å²) >= 11 is 0. The number of hydrogen-bond donors (Lipinski definition) is 0. The zero-order valence-corrected chi connectivity index (χ0v) is 38.6. The largest absolute Gasteiger partial charge is 0.756 e. The zero-order valence-electron chi connectivity index (χ0n) is 37.7. The molecule has 58 heavy (non-hydrogen) atoms. The number of nitrogens with zero attached hydrogens (tertiary/aromatic N) is 1. The fourth-order valence-corrected chi connectivity index (χ4v) is 6.39. The molecule has 2 atom stereocenters. The maximum Gasteiger partial charge on any atom is 0.306 e. The summed E-state index contributed by atoms with van der Waals surface area (Å²) in [5, 5.41) is 0. The quantitative estimate of drug-likeness (QED) is 0.0199. The normalized spacial score (nSPS) is 14.5. The summed E-state index contributed by atoms with van der Waals surface area (Å²) in [7, 11) is 1.31. The molecule has 0 aromatic carbocycles. The predicted molar refractivity (Wildman–Crippen MR) is 245 cm³/mol. The number of likely N-dealkylation sites (N-methyl/N-ethyl adjacent to an activating group) is 1. The van der Waals surface area contributed by atoms with E-state index in [0.717, 1.165) is 83.5 Å². The molecule has 9 heteroatoms. The molecule has 0 aromatic heterocycles. The van der Waals surface area contributed by atoms with E-state index in [4.69, 9.17) is 18.5 Å². The molecule has 0 fully saturated rings. The average Bonchev–Trinajstić information content (AvgIpc) is 3.18. The summed E-state index contributed by atoms with van der Waals surface area (Å²) in [5.74, 6) is -0.372. The van der Waals surface area contributed by atoms with E-state index >= 15 is 0 Å². The molecular weight excluding hydrogens is 746 g/mol. The average molecular weight is 832 g/mol. The molecular formula is C49H86NO7P. The van der Waals surface area contributed by atoms with Crippen LogP contribution >= 0.6 is 7.82 Å². The van der Waals surface area contributed by atoms with Crippen LogP contribution in [0.25, 0.3) is 0 Å². The van der Waals surface area contributed by atoms with Gasteiger partial charge in [0.05, 0.1) is 34.4 Å². The Morgan fingerprint density at radius 1 is 0.552 bits per heavy atom. The summed E-state index contributed by atoms with van der Waals surface area (Å²) in [6.45, 7) is 5.19. The van der Waals surface area contributed by atoms with Gasteiger partial charge in [-0.1, -0.05) is 150 Å². The Morgan fingerprint density at radius 3 is 1.50 bits per heavy atom. The summed E-state index contributed by atoms with van der Waals surface area (Å²) < 4.78 is 34.6. The first-order valence-corrected chi connectivity index (χ1v) is 24.3. The summed E-state index contributed by atoms with van der Waals surface area (Å²) in [6.07, 6.45) is 54.5. The number of carbonyl (C=O) groups excluding carboxylic acids is 1. The van der Waals surface area contributed by atoms with E-state index in [1.807, 2.05) is 21.1 Å². The van der Waals surface area contributed by atoms with Crippen LogP contribution in [0.4, 0.5) is 0 Å². The van der Waals surface area contributed by atoms with Crippen LogP contribution < -0.4 is 4.89 Å². The molecule has 0 amide bonds. The molecule has 0 bridgehead atoms. The van der Waals surface area contributed by atoms with Gasteiger partial charge in [0.25, 0.3) is 7.82 Å². The fourth-order valence-electron chi connectivity index (χ4n) is 5.66. The number of rotatable bonds is 41. The number of allylic oxidation sites excluding steroid dienone is 14. The van der Waals surface area contributed by atoms with E-state index < -0.39 is 13.9 Å². The highest BCUT2D eigenvalue weighted by molar-refractivity contribution is 7.45. The van der Waals surface area contributed by atoms with E-state index in [0.29, 0.717) is 24.1 Å². The third-order valence-corrected chi connectivity index (χ3v) is 10.1. The molecule has 0 aliphatic heterocycles. The lowest BCUT2D eigenvalue weighted by molar-refractivity contribution is -0.870. The number of ether oxygens (including phenoxy) is 2. The van der Waals surface area contributed by atoms with E-state index in [2.05, 4.69) is 98.9 Å². The van der Waals surface area contributed by atoms with Gasteiger partial charge in [-0.15, -0.1) is 0 Å². The topological polar surface area (TPSA) is 94.1 Å². The van der Waals surface area contributed by atoms with E-state index in [-0.39, 0.29) is 32.2 Å². The van der Waals surface area contributed by atoms with Crippen LogP contribution in [-0.2, 0) is 27.9 Å². The Bertz CT molecular complexity index is 1200. The second-order valence-corrected chi connectivity index (χ2v) is 17.4. The van der Waals surface area contributed by atoms with Gasteiger partial charge in [-0.2, -0.15) is 0 Å². The third kappa shape index (κ3) is 44.8. The van der Waals surface area contributed by atoms with Crippen LogP contribution in [0.1, 0.15) is 162 Å². The Balaban J connectivity index is 4.33. The monoisotopic (exact) mass is 832 g/mol. The second kappa shape index (κ2) is 41.4. The van der Waals surface area contributed by atoms with Crippen molar-refractivity contribution in [3.8, 4) is 0 Å². The van der Waals surface area contributed by atoms with Crippen molar-refractivity contribution in [1.82, 2.24) is 0 Å². The summed E-state index contributed by atoms with van der Waals surface area (Å²) in [6, 6.07) is 0. The van der Waals surface area contributed by atoms with Gasteiger partial charge in [0.15, 0.2) is 0 Å². The van der Waals surface area contributed by atoms with Crippen LogP contribution in [0.5, 0.6) is 0 Å². The number of carbonyl (C=O) groups is 1. The molecule has 0 radical (unpaired) electrons. The SMILES string of the molecule is CC/C=C\C/C=C\C/C=C\C/C=C\C/C=C\CCCCCC(=O)OC(COCCCCCCCC/C=C\C/C=C\CCCCCC)COP(=O)([O-])OCC[N+](C)(C)C. The van der Waals surface area contributed by atoms with Crippen molar-refractivity contribution in [3.05, 3.63) is 85.1 Å². The van der Waals surface area contributed by atoms with Crippen molar-refractivity contribution < 1.29 is 37.3 Å². The Kier molecular flexibility index (Phi) is 39.8. The lowest BCUT2D eigenvalue weighted by atomic mass is 10.1. The molecule has 0 N–H and O–H groups in total. The molecule has 8 nitrogen and oxygen atoms in total. The lowest BCUT2D eigenvalue weighted by Gasteiger charge is -2.28. The molecule has 0 heterocycles. The number of phosphoric acid groups is 1. The molecule has 0 saturated heterocycles. The Labute approximate surface area is 356 Å². The number of quaternary nitrogens is 1. The Hall–Kier alpha value is -2.32. The van der Waals surface area contributed by atoms with Crippen molar-refractivity contribution in [2.45, 2.75) is 168 Å². The first-order chi connectivity index (χ1) is 28.1. The van der Waals surface area contributed by atoms with Gasteiger partial charge in [-0.25, -0.2) is 0 Å². The first-order valence-electron chi connectivity index (χ1n) is 22.8. The van der Waals surface area contributed by atoms with Gasteiger partial charge in [0.1, 0.15) is 19.3 Å². The van der Waals surface area contributed by atoms with Crippen molar-refractivity contribution in [1.29, 1.82) is 0 Å². The van der Waals surface area contributed by atoms with Crippen LogP contribution in [0.15, 0.2) is 85.1 Å². The molecule has 334 valence electrons. The van der Waals surface area contributed by atoms with Crippen molar-refractivity contribution in [3.63, 3.8) is 0 Å². The highest BCUT2D eigenvalue weighted by atomic mass is 31.2. The molecule has 0 spiro atoms.